The zero-order valence-corrected chi connectivity index (χ0v) is 8.50. The van der Waals surface area contributed by atoms with Crippen LogP contribution >= 0.6 is 0 Å². The summed E-state index contributed by atoms with van der Waals surface area (Å²) in [6, 6.07) is 3.16. The number of hydrogen-bond donors (Lipinski definition) is 2. The van der Waals surface area contributed by atoms with Gasteiger partial charge in [-0.1, -0.05) is 13.8 Å². The average molecular weight is 197 g/mol. The quantitative estimate of drug-likeness (QED) is 0.771. The first kappa shape index (κ1) is 10.9. The van der Waals surface area contributed by atoms with Crippen molar-refractivity contribution in [3.63, 3.8) is 0 Å². The maximum absolute atomic E-state index is 12.5. The van der Waals surface area contributed by atoms with Gasteiger partial charge in [0.2, 0.25) is 0 Å². The van der Waals surface area contributed by atoms with Gasteiger partial charge in [-0.3, -0.25) is 0 Å². The van der Waals surface area contributed by atoms with E-state index in [1.807, 2.05) is 0 Å². The number of rotatable bonds is 4. The molecule has 3 N–H and O–H groups in total. The molecule has 1 unspecified atom stereocenters. The van der Waals surface area contributed by atoms with Gasteiger partial charge in [-0.2, -0.15) is 0 Å². The van der Waals surface area contributed by atoms with Crippen LogP contribution in [0.15, 0.2) is 18.3 Å². The van der Waals surface area contributed by atoms with E-state index in [0.29, 0.717) is 18.3 Å². The molecule has 3 nitrogen and oxygen atoms in total. The highest BCUT2D eigenvalue weighted by molar-refractivity contribution is 5.35. The monoisotopic (exact) mass is 197 g/mol. The molecule has 0 amide bonds. The Balaban J connectivity index is 2.63. The Morgan fingerprint density at radius 2 is 2.21 bits per heavy atom. The Morgan fingerprint density at radius 3 is 2.64 bits per heavy atom. The summed E-state index contributed by atoms with van der Waals surface area (Å²) in [6.45, 7) is 4.69. The maximum Gasteiger partial charge on any atom is 0.141 e. The van der Waals surface area contributed by atoms with Gasteiger partial charge >= 0.3 is 0 Å². The van der Waals surface area contributed by atoms with Gasteiger partial charge < -0.3 is 11.1 Å². The Morgan fingerprint density at radius 1 is 1.50 bits per heavy atom. The Hall–Kier alpha value is -1.16. The summed E-state index contributed by atoms with van der Waals surface area (Å²) in [5.74, 6) is 0.756. The highest BCUT2D eigenvalue weighted by atomic mass is 19.1. The lowest BCUT2D eigenvalue weighted by Crippen LogP contribution is -2.33. The van der Waals surface area contributed by atoms with Crippen molar-refractivity contribution < 1.29 is 4.39 Å². The van der Waals surface area contributed by atoms with E-state index >= 15 is 0 Å². The lowest BCUT2D eigenvalue weighted by molar-refractivity contribution is 0.529. The lowest BCUT2D eigenvalue weighted by Gasteiger charge is -2.20. The van der Waals surface area contributed by atoms with Crippen molar-refractivity contribution >= 4 is 5.82 Å². The summed E-state index contributed by atoms with van der Waals surface area (Å²) in [5, 5.41) is 3.15. The van der Waals surface area contributed by atoms with Crippen LogP contribution in [0.25, 0.3) is 0 Å². The number of nitrogens with zero attached hydrogens (tertiary/aromatic N) is 1. The lowest BCUT2D eigenvalue weighted by atomic mass is 10.1. The molecule has 1 aromatic rings. The molecule has 0 aliphatic heterocycles. The molecule has 1 rings (SSSR count). The first-order chi connectivity index (χ1) is 6.63. The minimum absolute atomic E-state index is 0.174. The third-order valence-electron chi connectivity index (χ3n) is 2.12. The van der Waals surface area contributed by atoms with Crippen LogP contribution in [0.3, 0.4) is 0 Å². The van der Waals surface area contributed by atoms with Crippen LogP contribution in [0.2, 0.25) is 0 Å². The molecule has 0 fully saturated rings. The molecule has 0 aliphatic rings. The molecule has 0 aromatic carbocycles. The minimum atomic E-state index is -0.329. The summed E-state index contributed by atoms with van der Waals surface area (Å²) in [6.07, 6.45) is 1.19. The molecule has 0 aliphatic carbocycles. The zero-order valence-electron chi connectivity index (χ0n) is 8.50. The van der Waals surface area contributed by atoms with Gasteiger partial charge in [0.1, 0.15) is 11.6 Å². The van der Waals surface area contributed by atoms with E-state index in [4.69, 9.17) is 5.73 Å². The van der Waals surface area contributed by atoms with E-state index in [2.05, 4.69) is 24.1 Å². The number of aromatic nitrogens is 1. The number of nitrogens with one attached hydrogen (secondary N) is 1. The number of hydrogen-bond acceptors (Lipinski definition) is 3. The molecule has 1 atom stereocenters. The normalized spacial score (nSPS) is 12.9. The van der Waals surface area contributed by atoms with E-state index in [1.165, 1.54) is 12.3 Å². The topological polar surface area (TPSA) is 50.9 Å². The second-order valence-corrected chi connectivity index (χ2v) is 3.59. The van der Waals surface area contributed by atoms with Crippen molar-refractivity contribution in [2.75, 3.05) is 11.9 Å². The molecule has 0 saturated carbocycles. The second-order valence-electron chi connectivity index (χ2n) is 3.59. The number of nitrogens with two attached hydrogens (primary N) is 1. The van der Waals surface area contributed by atoms with Crippen LogP contribution in [0.4, 0.5) is 10.2 Å². The SMILES string of the molecule is CC(C)C(CN)Nc1ccc(F)cn1. The van der Waals surface area contributed by atoms with Crippen LogP contribution in [0.5, 0.6) is 0 Å². The van der Waals surface area contributed by atoms with Gasteiger partial charge in [0.15, 0.2) is 0 Å². The third kappa shape index (κ3) is 2.96. The maximum atomic E-state index is 12.5. The van der Waals surface area contributed by atoms with Crippen molar-refractivity contribution in [2.24, 2.45) is 11.7 Å². The highest BCUT2D eigenvalue weighted by Crippen LogP contribution is 2.09. The van der Waals surface area contributed by atoms with Crippen LogP contribution in [0, 0.1) is 11.7 Å². The number of anilines is 1. The van der Waals surface area contributed by atoms with E-state index in [-0.39, 0.29) is 11.9 Å². The summed E-state index contributed by atoms with van der Waals surface area (Å²) in [5.41, 5.74) is 5.59. The van der Waals surface area contributed by atoms with Crippen LogP contribution in [-0.4, -0.2) is 17.6 Å². The molecule has 4 heteroatoms. The largest absolute Gasteiger partial charge is 0.366 e. The van der Waals surface area contributed by atoms with Gasteiger partial charge in [-0.05, 0) is 18.1 Å². The number of pyridine rings is 1. The van der Waals surface area contributed by atoms with Crippen LogP contribution in [0.1, 0.15) is 13.8 Å². The molecular formula is C10H16FN3. The fourth-order valence-electron chi connectivity index (χ4n) is 1.15. The standard InChI is InChI=1S/C10H16FN3/c1-7(2)9(5-12)14-10-4-3-8(11)6-13-10/h3-4,6-7,9H,5,12H2,1-2H3,(H,13,14). The van der Waals surface area contributed by atoms with Crippen molar-refractivity contribution in [1.82, 2.24) is 4.98 Å². The molecule has 0 bridgehead atoms. The highest BCUT2D eigenvalue weighted by Gasteiger charge is 2.10. The van der Waals surface area contributed by atoms with Crippen molar-refractivity contribution in [3.05, 3.63) is 24.1 Å². The second kappa shape index (κ2) is 4.91. The molecule has 0 radical (unpaired) electrons. The molecule has 78 valence electrons. The molecule has 0 saturated heterocycles. The van der Waals surface area contributed by atoms with E-state index in [1.54, 1.807) is 6.07 Å². The number of halogens is 1. The zero-order chi connectivity index (χ0) is 10.6. The van der Waals surface area contributed by atoms with Gasteiger partial charge in [-0.15, -0.1) is 0 Å². The summed E-state index contributed by atoms with van der Waals surface area (Å²) in [7, 11) is 0. The molecular weight excluding hydrogens is 181 g/mol. The minimum Gasteiger partial charge on any atom is -0.366 e. The van der Waals surface area contributed by atoms with Crippen molar-refractivity contribution in [3.8, 4) is 0 Å². The smallest absolute Gasteiger partial charge is 0.141 e. The Labute approximate surface area is 83.5 Å². The van der Waals surface area contributed by atoms with E-state index < -0.39 is 0 Å². The van der Waals surface area contributed by atoms with Crippen LogP contribution in [-0.2, 0) is 0 Å². The van der Waals surface area contributed by atoms with Crippen LogP contribution < -0.4 is 11.1 Å². The van der Waals surface area contributed by atoms with Gasteiger partial charge in [0.05, 0.1) is 6.20 Å². The van der Waals surface area contributed by atoms with Gasteiger partial charge in [0.25, 0.3) is 0 Å². The van der Waals surface area contributed by atoms with E-state index in [9.17, 15) is 4.39 Å². The summed E-state index contributed by atoms with van der Waals surface area (Å²) < 4.78 is 12.5. The van der Waals surface area contributed by atoms with Gasteiger partial charge in [0, 0.05) is 12.6 Å². The molecule has 0 spiro atoms. The first-order valence-corrected chi connectivity index (χ1v) is 4.71. The first-order valence-electron chi connectivity index (χ1n) is 4.71. The summed E-state index contributed by atoms with van der Waals surface area (Å²) >= 11 is 0. The fourth-order valence-corrected chi connectivity index (χ4v) is 1.15. The van der Waals surface area contributed by atoms with Crippen molar-refractivity contribution in [2.45, 2.75) is 19.9 Å². The van der Waals surface area contributed by atoms with Gasteiger partial charge in [-0.25, -0.2) is 9.37 Å². The fraction of sp³-hybridized carbons (Fsp3) is 0.500. The summed E-state index contributed by atoms with van der Waals surface area (Å²) in [4.78, 5) is 3.91. The molecule has 14 heavy (non-hydrogen) atoms. The third-order valence-corrected chi connectivity index (χ3v) is 2.12. The van der Waals surface area contributed by atoms with E-state index in [0.717, 1.165) is 0 Å². The molecule has 1 heterocycles. The average Bonchev–Trinajstić information content (AvgIpc) is 2.16. The molecule has 1 aromatic heterocycles. The Bertz CT molecular complexity index is 271. The predicted molar refractivity (Wildman–Crippen MR) is 55.5 cm³/mol. The van der Waals surface area contributed by atoms with Crippen molar-refractivity contribution in [1.29, 1.82) is 0 Å². The Kier molecular flexibility index (Phi) is 3.83. The predicted octanol–water partition coefficient (Wildman–Crippen LogP) is 1.62.